The van der Waals surface area contributed by atoms with E-state index in [1.54, 1.807) is 12.3 Å². The molecule has 3 aromatic rings. The minimum atomic E-state index is -0.359. The minimum absolute atomic E-state index is 0.0266. The van der Waals surface area contributed by atoms with Crippen LogP contribution in [-0.4, -0.2) is 45.0 Å². The Morgan fingerprint density at radius 2 is 1.97 bits per heavy atom. The number of rotatable bonds is 4. The Morgan fingerprint density at radius 1 is 1.17 bits per heavy atom. The van der Waals surface area contributed by atoms with Crippen LogP contribution in [0.4, 0.5) is 10.1 Å². The first-order valence-corrected chi connectivity index (χ1v) is 9.83. The number of anilines is 1. The molecule has 1 saturated heterocycles. The van der Waals surface area contributed by atoms with Crippen LogP contribution in [0.25, 0.3) is 0 Å². The largest absolute Gasteiger partial charge is 0.338 e. The molecular formula is C22H22FN5O2. The highest BCUT2D eigenvalue weighted by Gasteiger charge is 2.27. The summed E-state index contributed by atoms with van der Waals surface area (Å²) >= 11 is 0. The van der Waals surface area contributed by atoms with Gasteiger partial charge in [0.1, 0.15) is 5.82 Å². The summed E-state index contributed by atoms with van der Waals surface area (Å²) in [6.07, 6.45) is 4.92. The first-order chi connectivity index (χ1) is 14.5. The molecule has 0 aliphatic carbocycles. The van der Waals surface area contributed by atoms with Gasteiger partial charge in [0, 0.05) is 42.3 Å². The van der Waals surface area contributed by atoms with Crippen LogP contribution in [0.3, 0.4) is 0 Å². The van der Waals surface area contributed by atoms with Gasteiger partial charge in [-0.1, -0.05) is 0 Å². The lowest BCUT2D eigenvalue weighted by atomic mass is 9.93. The van der Waals surface area contributed by atoms with E-state index in [0.29, 0.717) is 29.9 Å². The second-order valence-corrected chi connectivity index (χ2v) is 7.43. The minimum Gasteiger partial charge on any atom is -0.338 e. The van der Waals surface area contributed by atoms with Crippen molar-refractivity contribution in [2.24, 2.45) is 0 Å². The van der Waals surface area contributed by atoms with Crippen LogP contribution in [0, 0.1) is 12.7 Å². The molecule has 1 fully saturated rings. The summed E-state index contributed by atoms with van der Waals surface area (Å²) in [5, 5.41) is 9.46. The zero-order valence-corrected chi connectivity index (χ0v) is 16.6. The molecular weight excluding hydrogens is 385 g/mol. The molecule has 0 radical (unpaired) electrons. The normalized spacial score (nSPS) is 16.3. The number of carbonyl (C=O) groups is 2. The second-order valence-electron chi connectivity index (χ2n) is 7.43. The number of nitrogens with one attached hydrogen (secondary N) is 2. The Kier molecular flexibility index (Phi) is 5.56. The number of aromatic nitrogens is 3. The molecule has 2 amide bonds. The fraction of sp³-hybridized carbons (Fsp3) is 0.273. The first-order valence-electron chi connectivity index (χ1n) is 9.83. The molecule has 4 rings (SSSR count). The van der Waals surface area contributed by atoms with E-state index in [4.69, 9.17) is 0 Å². The van der Waals surface area contributed by atoms with Gasteiger partial charge in [0.05, 0.1) is 17.3 Å². The van der Waals surface area contributed by atoms with Crippen molar-refractivity contribution < 1.29 is 14.0 Å². The van der Waals surface area contributed by atoms with E-state index in [2.05, 4.69) is 20.5 Å². The Morgan fingerprint density at radius 3 is 2.63 bits per heavy atom. The van der Waals surface area contributed by atoms with Crippen molar-refractivity contribution in [3.8, 4) is 0 Å². The second kappa shape index (κ2) is 8.44. The third-order valence-electron chi connectivity index (χ3n) is 5.34. The number of amides is 2. The molecule has 0 bridgehead atoms. The van der Waals surface area contributed by atoms with Gasteiger partial charge in [-0.05, 0) is 56.2 Å². The molecule has 2 N–H and O–H groups in total. The number of pyridine rings is 1. The first kappa shape index (κ1) is 19.8. The fourth-order valence-corrected chi connectivity index (χ4v) is 3.66. The molecule has 154 valence electrons. The summed E-state index contributed by atoms with van der Waals surface area (Å²) in [4.78, 5) is 31.5. The van der Waals surface area contributed by atoms with Gasteiger partial charge in [-0.25, -0.2) is 4.39 Å². The molecule has 0 unspecified atom stereocenters. The lowest BCUT2D eigenvalue weighted by molar-refractivity contribution is 0.0705. The molecule has 30 heavy (non-hydrogen) atoms. The summed E-state index contributed by atoms with van der Waals surface area (Å²) in [6, 6.07) is 9.15. The molecule has 1 atom stereocenters. The average Bonchev–Trinajstić information content (AvgIpc) is 3.21. The van der Waals surface area contributed by atoms with Gasteiger partial charge in [0.15, 0.2) is 0 Å². The number of aryl methyl sites for hydroxylation is 1. The van der Waals surface area contributed by atoms with Crippen LogP contribution in [0.15, 0.2) is 48.8 Å². The van der Waals surface area contributed by atoms with E-state index in [0.717, 1.165) is 24.2 Å². The molecule has 1 aromatic carbocycles. The van der Waals surface area contributed by atoms with Crippen molar-refractivity contribution in [2.45, 2.75) is 25.7 Å². The van der Waals surface area contributed by atoms with E-state index in [1.165, 1.54) is 30.5 Å². The van der Waals surface area contributed by atoms with Gasteiger partial charge < -0.3 is 10.2 Å². The van der Waals surface area contributed by atoms with Crippen LogP contribution in [-0.2, 0) is 0 Å². The monoisotopic (exact) mass is 407 g/mol. The number of aromatic amines is 1. The maximum Gasteiger partial charge on any atom is 0.257 e. The maximum atomic E-state index is 13.0. The van der Waals surface area contributed by atoms with E-state index >= 15 is 0 Å². The zero-order chi connectivity index (χ0) is 21.1. The van der Waals surface area contributed by atoms with Gasteiger partial charge in [-0.15, -0.1) is 0 Å². The Bertz CT molecular complexity index is 1050. The summed E-state index contributed by atoms with van der Waals surface area (Å²) < 4.78 is 13.0. The fourth-order valence-electron chi connectivity index (χ4n) is 3.66. The SMILES string of the molecule is Cc1[nH]ncc1C(=O)N1CCC[C@H](c2ccc(C(=O)Nc3ccc(F)cc3)cn2)C1. The lowest BCUT2D eigenvalue weighted by Crippen LogP contribution is -2.39. The smallest absolute Gasteiger partial charge is 0.257 e. The van der Waals surface area contributed by atoms with Crippen LogP contribution >= 0.6 is 0 Å². The number of hydrogen-bond donors (Lipinski definition) is 2. The highest BCUT2D eigenvalue weighted by molar-refractivity contribution is 6.04. The molecule has 1 aliphatic heterocycles. The van der Waals surface area contributed by atoms with Crippen LogP contribution in [0.1, 0.15) is 50.9 Å². The summed E-state index contributed by atoms with van der Waals surface area (Å²) in [6.45, 7) is 3.12. The van der Waals surface area contributed by atoms with E-state index in [-0.39, 0.29) is 23.5 Å². The molecule has 7 nitrogen and oxygen atoms in total. The molecule has 1 aliphatic rings. The van der Waals surface area contributed by atoms with Crippen molar-refractivity contribution in [3.05, 3.63) is 77.1 Å². The Balaban J connectivity index is 1.42. The highest BCUT2D eigenvalue weighted by Crippen LogP contribution is 2.27. The number of halogens is 1. The zero-order valence-electron chi connectivity index (χ0n) is 16.6. The maximum absolute atomic E-state index is 13.0. The van der Waals surface area contributed by atoms with E-state index in [1.807, 2.05) is 17.9 Å². The number of piperidine rings is 1. The van der Waals surface area contributed by atoms with Crippen LogP contribution in [0.5, 0.6) is 0 Å². The van der Waals surface area contributed by atoms with Gasteiger partial charge in [0.25, 0.3) is 11.8 Å². The van der Waals surface area contributed by atoms with Gasteiger partial charge >= 0.3 is 0 Å². The standard InChI is InChI=1S/C22H22FN5O2/c1-14-19(12-25-27-14)22(30)28-10-2-3-16(13-28)20-9-4-15(11-24-20)21(29)26-18-7-5-17(23)6-8-18/h4-9,11-12,16H,2-3,10,13H2,1H3,(H,25,27)(H,26,29)/t16-/m0/s1. The summed E-state index contributed by atoms with van der Waals surface area (Å²) in [5.41, 5.74) is 3.14. The molecule has 3 heterocycles. The quantitative estimate of drug-likeness (QED) is 0.692. The summed E-state index contributed by atoms with van der Waals surface area (Å²) in [7, 11) is 0. The topological polar surface area (TPSA) is 91.0 Å². The van der Waals surface area contributed by atoms with Crippen LogP contribution in [0.2, 0.25) is 0 Å². The molecule has 0 saturated carbocycles. The molecule has 8 heteroatoms. The van der Waals surface area contributed by atoms with Gasteiger partial charge in [-0.2, -0.15) is 5.10 Å². The number of likely N-dealkylation sites (tertiary alicyclic amines) is 1. The van der Waals surface area contributed by atoms with Gasteiger partial charge in [0.2, 0.25) is 0 Å². The predicted molar refractivity (Wildman–Crippen MR) is 110 cm³/mol. The number of nitrogens with zero attached hydrogens (tertiary/aromatic N) is 3. The molecule has 0 spiro atoms. The number of hydrogen-bond acceptors (Lipinski definition) is 4. The number of benzene rings is 1. The van der Waals surface area contributed by atoms with Crippen molar-refractivity contribution in [1.82, 2.24) is 20.1 Å². The average molecular weight is 407 g/mol. The van der Waals surface area contributed by atoms with Crippen molar-refractivity contribution in [3.63, 3.8) is 0 Å². The van der Waals surface area contributed by atoms with Crippen molar-refractivity contribution in [2.75, 3.05) is 18.4 Å². The van der Waals surface area contributed by atoms with E-state index < -0.39 is 0 Å². The summed E-state index contributed by atoms with van der Waals surface area (Å²) in [5.74, 6) is -0.580. The highest BCUT2D eigenvalue weighted by atomic mass is 19.1. The Labute approximate surface area is 173 Å². The predicted octanol–water partition coefficient (Wildman–Crippen LogP) is 3.52. The lowest BCUT2D eigenvalue weighted by Gasteiger charge is -2.32. The number of H-pyrrole nitrogens is 1. The van der Waals surface area contributed by atoms with E-state index in [9.17, 15) is 14.0 Å². The Hall–Kier alpha value is -3.55. The third kappa shape index (κ3) is 4.22. The van der Waals surface area contributed by atoms with Gasteiger partial charge in [-0.3, -0.25) is 19.7 Å². The third-order valence-corrected chi connectivity index (χ3v) is 5.34. The molecule has 2 aromatic heterocycles. The van der Waals surface area contributed by atoms with Crippen molar-refractivity contribution in [1.29, 1.82) is 0 Å². The number of carbonyl (C=O) groups excluding carboxylic acids is 2. The van der Waals surface area contributed by atoms with Crippen molar-refractivity contribution >= 4 is 17.5 Å². The van der Waals surface area contributed by atoms with Crippen LogP contribution < -0.4 is 5.32 Å².